The maximum Gasteiger partial charge on any atom is 0.338 e. The molecule has 0 radical (unpaired) electrons. The summed E-state index contributed by atoms with van der Waals surface area (Å²) in [6, 6.07) is 14.4. The van der Waals surface area contributed by atoms with E-state index in [4.69, 9.17) is 4.74 Å². The highest BCUT2D eigenvalue weighted by Crippen LogP contribution is 2.22. The van der Waals surface area contributed by atoms with Crippen LogP contribution >= 0.6 is 0 Å². The summed E-state index contributed by atoms with van der Waals surface area (Å²) in [5, 5.41) is 2.62. The van der Waals surface area contributed by atoms with Crippen molar-refractivity contribution in [2.24, 2.45) is 0 Å². The molecule has 2 aromatic rings. The van der Waals surface area contributed by atoms with E-state index in [1.807, 2.05) is 0 Å². The number of nitrogens with zero attached hydrogens (tertiary/aromatic N) is 1. The molecule has 1 N–H and O–H groups in total. The number of benzene rings is 2. The molecule has 148 valence electrons. The van der Waals surface area contributed by atoms with Gasteiger partial charge in [0.25, 0.3) is 5.91 Å². The van der Waals surface area contributed by atoms with Crippen molar-refractivity contribution in [2.45, 2.75) is 30.8 Å². The quantitative estimate of drug-likeness (QED) is 0.750. The van der Waals surface area contributed by atoms with Gasteiger partial charge in [0.1, 0.15) is 0 Å². The molecule has 3 rings (SSSR count). The number of rotatable bonds is 6. The molecule has 1 atom stereocenters. The first-order chi connectivity index (χ1) is 13.4. The van der Waals surface area contributed by atoms with Gasteiger partial charge in [-0.2, -0.15) is 4.31 Å². The molecule has 1 aliphatic heterocycles. The molecule has 0 bridgehead atoms. The molecule has 7 nitrogen and oxygen atoms in total. The summed E-state index contributed by atoms with van der Waals surface area (Å²) in [7, 11) is -3.50. The number of hydrogen-bond donors (Lipinski definition) is 1. The summed E-state index contributed by atoms with van der Waals surface area (Å²) < 4.78 is 31.7. The lowest BCUT2D eigenvalue weighted by Crippen LogP contribution is -2.30. The lowest BCUT2D eigenvalue weighted by molar-refractivity contribution is -0.123. The Morgan fingerprint density at radius 3 is 2.21 bits per heavy atom. The van der Waals surface area contributed by atoms with Crippen molar-refractivity contribution in [1.29, 1.82) is 0 Å². The highest BCUT2D eigenvalue weighted by atomic mass is 32.2. The largest absolute Gasteiger partial charge is 0.449 e. The third-order valence-electron chi connectivity index (χ3n) is 4.49. The Morgan fingerprint density at radius 1 is 1.00 bits per heavy atom. The zero-order chi connectivity index (χ0) is 20.1. The molecule has 0 saturated carbocycles. The van der Waals surface area contributed by atoms with Gasteiger partial charge in [-0.05, 0) is 56.2 Å². The predicted octanol–water partition coefficient (Wildman–Crippen LogP) is 2.66. The summed E-state index contributed by atoms with van der Waals surface area (Å²) in [6.07, 6.45) is 0.737. The van der Waals surface area contributed by atoms with Crippen molar-refractivity contribution in [2.75, 3.05) is 18.4 Å². The molecule has 0 spiro atoms. The zero-order valence-electron chi connectivity index (χ0n) is 15.5. The molecule has 28 heavy (non-hydrogen) atoms. The maximum atomic E-state index is 12.5. The van der Waals surface area contributed by atoms with E-state index in [0.717, 1.165) is 12.8 Å². The van der Waals surface area contributed by atoms with E-state index in [-0.39, 0.29) is 4.90 Å². The molecule has 0 unspecified atom stereocenters. The van der Waals surface area contributed by atoms with Crippen LogP contribution in [0.5, 0.6) is 0 Å². The maximum absolute atomic E-state index is 12.5. The molecule has 0 aromatic heterocycles. The average Bonchev–Trinajstić information content (AvgIpc) is 3.25. The summed E-state index contributed by atoms with van der Waals surface area (Å²) >= 11 is 0. The minimum Gasteiger partial charge on any atom is -0.449 e. The highest BCUT2D eigenvalue weighted by Gasteiger charge is 2.27. The Hall–Kier alpha value is -2.71. The van der Waals surface area contributed by atoms with E-state index < -0.39 is 28.0 Å². The number of anilines is 1. The molecule has 1 heterocycles. The van der Waals surface area contributed by atoms with Gasteiger partial charge >= 0.3 is 5.97 Å². The summed E-state index contributed by atoms with van der Waals surface area (Å²) in [4.78, 5) is 24.5. The molecule has 0 aliphatic carbocycles. The average molecular weight is 402 g/mol. The van der Waals surface area contributed by atoms with Crippen LogP contribution in [0.25, 0.3) is 0 Å². The first-order valence-electron chi connectivity index (χ1n) is 9.05. The van der Waals surface area contributed by atoms with Gasteiger partial charge in [0, 0.05) is 18.8 Å². The van der Waals surface area contributed by atoms with E-state index >= 15 is 0 Å². The number of carbonyl (C=O) groups excluding carboxylic acids is 2. The SMILES string of the molecule is C[C@@H](OC(=O)c1ccccc1)C(=O)Nc1ccc(S(=O)(=O)N2CCCC2)cc1. The summed E-state index contributed by atoms with van der Waals surface area (Å²) in [6.45, 7) is 2.54. The van der Waals surface area contributed by atoms with Gasteiger partial charge < -0.3 is 10.1 Å². The summed E-state index contributed by atoms with van der Waals surface area (Å²) in [5.74, 6) is -1.09. The monoisotopic (exact) mass is 402 g/mol. The van der Waals surface area contributed by atoms with Crippen molar-refractivity contribution in [3.63, 3.8) is 0 Å². The van der Waals surface area contributed by atoms with Crippen LogP contribution in [0.4, 0.5) is 5.69 Å². The van der Waals surface area contributed by atoms with Crippen molar-refractivity contribution in [1.82, 2.24) is 4.31 Å². The molecule has 1 fully saturated rings. The Labute approximate surface area is 164 Å². The van der Waals surface area contributed by atoms with Gasteiger partial charge in [0.05, 0.1) is 10.5 Å². The molecule has 1 amide bonds. The second kappa shape index (κ2) is 8.53. The van der Waals surface area contributed by atoms with Crippen molar-refractivity contribution in [3.8, 4) is 0 Å². The number of ether oxygens (including phenoxy) is 1. The van der Waals surface area contributed by atoms with Crippen molar-refractivity contribution < 1.29 is 22.7 Å². The van der Waals surface area contributed by atoms with Crippen molar-refractivity contribution in [3.05, 3.63) is 60.2 Å². The second-order valence-electron chi connectivity index (χ2n) is 6.54. The fraction of sp³-hybridized carbons (Fsp3) is 0.300. The van der Waals surface area contributed by atoms with Crippen LogP contribution in [-0.2, 0) is 19.6 Å². The number of carbonyl (C=O) groups is 2. The minimum absolute atomic E-state index is 0.191. The number of sulfonamides is 1. The third-order valence-corrected chi connectivity index (χ3v) is 6.40. The number of amides is 1. The Kier molecular flexibility index (Phi) is 6.11. The molecular formula is C20H22N2O5S. The summed E-state index contributed by atoms with van der Waals surface area (Å²) in [5.41, 5.74) is 0.784. The van der Waals surface area contributed by atoms with Crippen LogP contribution in [0.2, 0.25) is 0 Å². The van der Waals surface area contributed by atoms with Gasteiger partial charge in [-0.15, -0.1) is 0 Å². The minimum atomic E-state index is -3.50. The van der Waals surface area contributed by atoms with E-state index in [9.17, 15) is 18.0 Å². The smallest absolute Gasteiger partial charge is 0.338 e. The van der Waals surface area contributed by atoms with E-state index in [1.165, 1.54) is 35.5 Å². The van der Waals surface area contributed by atoms with Gasteiger partial charge in [-0.3, -0.25) is 4.79 Å². The van der Waals surface area contributed by atoms with E-state index in [1.54, 1.807) is 30.3 Å². The Morgan fingerprint density at radius 2 is 1.61 bits per heavy atom. The molecule has 1 aliphatic rings. The molecule has 2 aromatic carbocycles. The molecule has 8 heteroatoms. The Bertz CT molecular complexity index is 936. The van der Waals surface area contributed by atoms with E-state index in [2.05, 4.69) is 5.32 Å². The molecular weight excluding hydrogens is 380 g/mol. The lowest BCUT2D eigenvalue weighted by atomic mass is 10.2. The van der Waals surface area contributed by atoms with Gasteiger partial charge in [-0.25, -0.2) is 13.2 Å². The number of hydrogen-bond acceptors (Lipinski definition) is 5. The molecule has 1 saturated heterocycles. The van der Waals surface area contributed by atoms with Crippen LogP contribution in [0.3, 0.4) is 0 Å². The highest BCUT2D eigenvalue weighted by molar-refractivity contribution is 7.89. The topological polar surface area (TPSA) is 92.8 Å². The third kappa shape index (κ3) is 4.58. The van der Waals surface area contributed by atoms with Gasteiger partial charge in [-0.1, -0.05) is 18.2 Å². The zero-order valence-corrected chi connectivity index (χ0v) is 16.3. The lowest BCUT2D eigenvalue weighted by Gasteiger charge is -2.16. The van der Waals surface area contributed by atoms with Gasteiger partial charge in [0.15, 0.2) is 6.10 Å². The fourth-order valence-electron chi connectivity index (χ4n) is 2.89. The van der Waals surface area contributed by atoms with Gasteiger partial charge in [0.2, 0.25) is 10.0 Å². The second-order valence-corrected chi connectivity index (χ2v) is 8.48. The predicted molar refractivity (Wildman–Crippen MR) is 104 cm³/mol. The number of esters is 1. The van der Waals surface area contributed by atoms with E-state index in [0.29, 0.717) is 24.3 Å². The fourth-order valence-corrected chi connectivity index (χ4v) is 4.41. The van der Waals surface area contributed by atoms with Crippen molar-refractivity contribution >= 4 is 27.6 Å². The normalized spacial score (nSPS) is 15.8. The standard InChI is InChI=1S/C20H22N2O5S/c1-15(27-20(24)16-7-3-2-4-8-16)19(23)21-17-9-11-18(12-10-17)28(25,26)22-13-5-6-14-22/h2-4,7-12,15H,5-6,13-14H2,1H3,(H,21,23)/t15-/m1/s1. The first kappa shape index (κ1) is 20.0. The van der Waals surface area contributed by atoms with Crippen LogP contribution in [0, 0.1) is 0 Å². The Balaban J connectivity index is 1.60. The van der Waals surface area contributed by atoms with Crippen LogP contribution in [-0.4, -0.2) is 43.8 Å². The van der Waals surface area contributed by atoms with Crippen LogP contribution < -0.4 is 5.32 Å². The number of nitrogens with one attached hydrogen (secondary N) is 1. The van der Waals surface area contributed by atoms with Crippen LogP contribution in [0.15, 0.2) is 59.5 Å². The first-order valence-corrected chi connectivity index (χ1v) is 10.5. The van der Waals surface area contributed by atoms with Crippen LogP contribution in [0.1, 0.15) is 30.1 Å².